The number of rotatable bonds is 4. The highest BCUT2D eigenvalue weighted by molar-refractivity contribution is 5.13. The van der Waals surface area contributed by atoms with E-state index < -0.39 is 0 Å². The molecular formula is C17H34N2. The van der Waals surface area contributed by atoms with E-state index in [4.69, 9.17) is 0 Å². The largest absolute Gasteiger partial charge is 0.311 e. The van der Waals surface area contributed by atoms with Gasteiger partial charge in [-0.25, -0.2) is 0 Å². The van der Waals surface area contributed by atoms with E-state index in [-0.39, 0.29) is 0 Å². The Morgan fingerprint density at radius 2 is 1.74 bits per heavy atom. The zero-order valence-corrected chi connectivity index (χ0v) is 14.1. The second kappa shape index (κ2) is 5.04. The van der Waals surface area contributed by atoms with Crippen LogP contribution in [0, 0.1) is 22.7 Å². The van der Waals surface area contributed by atoms with Gasteiger partial charge in [-0.05, 0) is 36.0 Å². The van der Waals surface area contributed by atoms with Gasteiger partial charge in [-0.1, -0.05) is 41.5 Å². The fraction of sp³-hybridized carbons (Fsp3) is 1.00. The van der Waals surface area contributed by atoms with Gasteiger partial charge in [0.1, 0.15) is 0 Å². The lowest BCUT2D eigenvalue weighted by Gasteiger charge is -2.40. The molecule has 2 unspecified atom stereocenters. The van der Waals surface area contributed by atoms with E-state index in [1.165, 1.54) is 19.5 Å². The van der Waals surface area contributed by atoms with Crippen molar-refractivity contribution in [3.05, 3.63) is 0 Å². The first-order valence-corrected chi connectivity index (χ1v) is 8.13. The van der Waals surface area contributed by atoms with Gasteiger partial charge in [0.15, 0.2) is 0 Å². The van der Waals surface area contributed by atoms with Crippen molar-refractivity contribution in [1.82, 2.24) is 10.2 Å². The van der Waals surface area contributed by atoms with Crippen LogP contribution in [0.25, 0.3) is 0 Å². The zero-order valence-electron chi connectivity index (χ0n) is 14.1. The van der Waals surface area contributed by atoms with Crippen LogP contribution in [0.5, 0.6) is 0 Å². The van der Waals surface area contributed by atoms with Crippen molar-refractivity contribution in [2.24, 2.45) is 22.7 Å². The number of hydrogen-bond acceptors (Lipinski definition) is 2. The van der Waals surface area contributed by atoms with Crippen molar-refractivity contribution in [3.8, 4) is 0 Å². The Hall–Kier alpha value is -0.0800. The number of nitrogens with one attached hydrogen (secondary N) is 1. The van der Waals surface area contributed by atoms with Gasteiger partial charge < -0.3 is 5.32 Å². The molecule has 0 amide bonds. The first-order valence-electron chi connectivity index (χ1n) is 8.13. The molecule has 0 aromatic carbocycles. The molecule has 0 radical (unpaired) electrons. The summed E-state index contributed by atoms with van der Waals surface area (Å²) in [6, 6.07) is 1.39. The third-order valence-corrected chi connectivity index (χ3v) is 6.27. The third-order valence-electron chi connectivity index (χ3n) is 6.27. The summed E-state index contributed by atoms with van der Waals surface area (Å²) in [6.07, 6.45) is 1.31. The SMILES string of the molecule is CC(C)CC1CN(CC2C(C)(C)C2(C)C)C(C)CN1. The van der Waals surface area contributed by atoms with Crippen LogP contribution in [0.3, 0.4) is 0 Å². The maximum Gasteiger partial charge on any atom is 0.0198 e. The highest BCUT2D eigenvalue weighted by Gasteiger charge is 2.64. The van der Waals surface area contributed by atoms with Crippen LogP contribution >= 0.6 is 0 Å². The molecule has 2 fully saturated rings. The Bertz CT molecular complexity index is 305. The summed E-state index contributed by atoms with van der Waals surface area (Å²) in [5.41, 5.74) is 1.04. The van der Waals surface area contributed by atoms with Crippen LogP contribution in [0.1, 0.15) is 54.9 Å². The highest BCUT2D eigenvalue weighted by Crippen LogP contribution is 2.68. The van der Waals surface area contributed by atoms with Crippen molar-refractivity contribution in [2.75, 3.05) is 19.6 Å². The van der Waals surface area contributed by atoms with Crippen molar-refractivity contribution < 1.29 is 0 Å². The zero-order chi connectivity index (χ0) is 14.4. The van der Waals surface area contributed by atoms with E-state index in [0.29, 0.717) is 22.9 Å². The predicted molar refractivity (Wildman–Crippen MR) is 83.3 cm³/mol. The smallest absolute Gasteiger partial charge is 0.0198 e. The number of nitrogens with zero attached hydrogens (tertiary/aromatic N) is 1. The van der Waals surface area contributed by atoms with E-state index in [2.05, 4.69) is 58.7 Å². The lowest BCUT2D eigenvalue weighted by Crippen LogP contribution is -2.56. The molecule has 2 atom stereocenters. The maximum atomic E-state index is 3.72. The Labute approximate surface area is 120 Å². The molecule has 1 saturated heterocycles. The van der Waals surface area contributed by atoms with E-state index in [0.717, 1.165) is 18.4 Å². The van der Waals surface area contributed by atoms with Gasteiger partial charge in [-0.15, -0.1) is 0 Å². The van der Waals surface area contributed by atoms with E-state index in [9.17, 15) is 0 Å². The van der Waals surface area contributed by atoms with Gasteiger partial charge in [0.25, 0.3) is 0 Å². The molecule has 0 bridgehead atoms. The fourth-order valence-electron chi connectivity index (χ4n) is 4.00. The standard InChI is InChI=1S/C17H34N2/c1-12(2)8-14-10-19(13(3)9-18-14)11-15-16(4,5)17(15,6)7/h12-15,18H,8-11H2,1-7H3. The second-order valence-corrected chi connectivity index (χ2v) is 8.53. The summed E-state index contributed by atoms with van der Waals surface area (Å²) in [7, 11) is 0. The molecule has 0 spiro atoms. The average molecular weight is 266 g/mol. The molecule has 1 aliphatic carbocycles. The topological polar surface area (TPSA) is 15.3 Å². The normalized spacial score (nSPS) is 34.7. The van der Waals surface area contributed by atoms with Gasteiger partial charge in [-0.2, -0.15) is 0 Å². The van der Waals surface area contributed by atoms with Crippen molar-refractivity contribution >= 4 is 0 Å². The minimum atomic E-state index is 0.519. The Morgan fingerprint density at radius 1 is 1.16 bits per heavy atom. The summed E-state index contributed by atoms with van der Waals surface area (Å²) in [6.45, 7) is 20.5. The molecule has 1 heterocycles. The fourth-order valence-corrected chi connectivity index (χ4v) is 4.00. The summed E-state index contributed by atoms with van der Waals surface area (Å²) in [5, 5.41) is 3.72. The van der Waals surface area contributed by atoms with Crippen LogP contribution in [0.15, 0.2) is 0 Å². The first kappa shape index (κ1) is 15.3. The molecule has 19 heavy (non-hydrogen) atoms. The third kappa shape index (κ3) is 2.85. The van der Waals surface area contributed by atoms with Crippen LogP contribution in [0.2, 0.25) is 0 Å². The molecule has 2 aliphatic rings. The predicted octanol–water partition coefficient (Wildman–Crippen LogP) is 3.38. The van der Waals surface area contributed by atoms with E-state index in [1.54, 1.807) is 0 Å². The quantitative estimate of drug-likeness (QED) is 0.839. The van der Waals surface area contributed by atoms with Crippen LogP contribution in [-0.4, -0.2) is 36.6 Å². The first-order chi connectivity index (χ1) is 8.66. The number of hydrogen-bond donors (Lipinski definition) is 1. The molecule has 1 aliphatic heterocycles. The second-order valence-electron chi connectivity index (χ2n) is 8.53. The molecule has 0 aromatic heterocycles. The van der Waals surface area contributed by atoms with E-state index in [1.807, 2.05) is 0 Å². The lowest BCUT2D eigenvalue weighted by atomic mass is 9.99. The molecule has 1 saturated carbocycles. The summed E-state index contributed by atoms with van der Waals surface area (Å²) >= 11 is 0. The van der Waals surface area contributed by atoms with Gasteiger partial charge in [0.05, 0.1) is 0 Å². The van der Waals surface area contributed by atoms with Gasteiger partial charge in [0.2, 0.25) is 0 Å². The van der Waals surface area contributed by atoms with Gasteiger partial charge in [0, 0.05) is 31.7 Å². The van der Waals surface area contributed by atoms with Gasteiger partial charge >= 0.3 is 0 Å². The molecule has 2 nitrogen and oxygen atoms in total. The molecular weight excluding hydrogens is 232 g/mol. The van der Waals surface area contributed by atoms with Crippen LogP contribution < -0.4 is 5.32 Å². The highest BCUT2D eigenvalue weighted by atomic mass is 15.2. The molecule has 1 N–H and O–H groups in total. The Morgan fingerprint density at radius 3 is 2.21 bits per heavy atom. The van der Waals surface area contributed by atoms with Crippen LogP contribution in [-0.2, 0) is 0 Å². The maximum absolute atomic E-state index is 3.72. The molecule has 112 valence electrons. The lowest BCUT2D eigenvalue weighted by molar-refractivity contribution is 0.119. The summed E-state index contributed by atoms with van der Waals surface area (Å²) in [5.74, 6) is 1.65. The minimum absolute atomic E-state index is 0.519. The minimum Gasteiger partial charge on any atom is -0.311 e. The molecule has 2 rings (SSSR count). The van der Waals surface area contributed by atoms with Crippen LogP contribution in [0.4, 0.5) is 0 Å². The average Bonchev–Trinajstić information content (AvgIpc) is 2.65. The molecule has 0 aromatic rings. The summed E-state index contributed by atoms with van der Waals surface area (Å²) in [4.78, 5) is 2.74. The van der Waals surface area contributed by atoms with Gasteiger partial charge in [-0.3, -0.25) is 4.90 Å². The van der Waals surface area contributed by atoms with Crippen molar-refractivity contribution in [3.63, 3.8) is 0 Å². The van der Waals surface area contributed by atoms with Crippen molar-refractivity contribution in [1.29, 1.82) is 0 Å². The monoisotopic (exact) mass is 266 g/mol. The van der Waals surface area contributed by atoms with Crippen molar-refractivity contribution in [2.45, 2.75) is 67.0 Å². The Kier molecular flexibility index (Phi) is 4.06. The van der Waals surface area contributed by atoms with E-state index >= 15 is 0 Å². The molecule has 2 heteroatoms. The number of piperazine rings is 1. The summed E-state index contributed by atoms with van der Waals surface area (Å²) < 4.78 is 0. The Balaban J connectivity index is 1.92.